The van der Waals surface area contributed by atoms with Crippen molar-refractivity contribution in [3.8, 4) is 5.75 Å². The molecule has 0 bridgehead atoms. The van der Waals surface area contributed by atoms with E-state index in [2.05, 4.69) is 5.32 Å². The monoisotopic (exact) mass is 198 g/mol. The molecule has 0 spiro atoms. The summed E-state index contributed by atoms with van der Waals surface area (Å²) in [5.41, 5.74) is 0. The molecule has 1 aliphatic heterocycles. The number of methoxy groups -OCH3 is 1. The molecule has 1 fully saturated rings. The molecule has 1 radical (unpaired) electrons. The standard InChI is InChI=1S/C9H12NO2S/c1-11-7-4-9(13-6-7)8-5-10-2-3-12-8/h4,6,8H,2-3,5H2,1H3. The van der Waals surface area contributed by atoms with E-state index in [1.807, 2.05) is 11.4 Å². The molecule has 4 heteroatoms. The second-order valence-corrected chi connectivity index (χ2v) is 3.82. The third kappa shape index (κ3) is 2.02. The van der Waals surface area contributed by atoms with Crippen LogP contribution in [0.2, 0.25) is 0 Å². The maximum absolute atomic E-state index is 5.58. The van der Waals surface area contributed by atoms with Gasteiger partial charge in [-0.3, -0.25) is 0 Å². The highest BCUT2D eigenvalue weighted by molar-refractivity contribution is 7.10. The molecule has 0 aromatic carbocycles. The molecule has 1 aliphatic rings. The van der Waals surface area contributed by atoms with Crippen molar-refractivity contribution in [2.45, 2.75) is 6.10 Å². The van der Waals surface area contributed by atoms with Gasteiger partial charge in [-0.25, -0.2) is 5.32 Å². The van der Waals surface area contributed by atoms with Gasteiger partial charge in [-0.2, -0.15) is 0 Å². The number of hydrogen-bond donors (Lipinski definition) is 0. The Labute approximate surface area is 81.7 Å². The molecule has 13 heavy (non-hydrogen) atoms. The predicted molar refractivity (Wildman–Crippen MR) is 51.4 cm³/mol. The summed E-state index contributed by atoms with van der Waals surface area (Å²) in [4.78, 5) is 1.21. The predicted octanol–water partition coefficient (Wildman–Crippen LogP) is 1.43. The highest BCUT2D eigenvalue weighted by atomic mass is 32.1. The van der Waals surface area contributed by atoms with Gasteiger partial charge in [-0.05, 0) is 6.07 Å². The van der Waals surface area contributed by atoms with Gasteiger partial charge in [0.15, 0.2) is 0 Å². The van der Waals surface area contributed by atoms with Crippen LogP contribution in [0.4, 0.5) is 0 Å². The summed E-state index contributed by atoms with van der Waals surface area (Å²) in [5.74, 6) is 0.911. The maximum atomic E-state index is 5.58. The third-order valence-corrected chi connectivity index (χ3v) is 3.02. The van der Waals surface area contributed by atoms with Crippen LogP contribution in [0.3, 0.4) is 0 Å². The summed E-state index contributed by atoms with van der Waals surface area (Å²) in [6.45, 7) is 2.35. The SMILES string of the molecule is COc1csc(C2C[N]CCO2)c1. The maximum Gasteiger partial charge on any atom is 0.129 e. The minimum Gasteiger partial charge on any atom is -0.496 e. The van der Waals surface area contributed by atoms with E-state index < -0.39 is 0 Å². The van der Waals surface area contributed by atoms with Crippen LogP contribution >= 0.6 is 11.3 Å². The largest absolute Gasteiger partial charge is 0.496 e. The fourth-order valence-corrected chi connectivity index (χ4v) is 2.20. The summed E-state index contributed by atoms with van der Waals surface area (Å²) in [5, 5.41) is 6.30. The first kappa shape index (κ1) is 8.99. The lowest BCUT2D eigenvalue weighted by Crippen LogP contribution is -2.27. The van der Waals surface area contributed by atoms with Gasteiger partial charge in [0.1, 0.15) is 11.9 Å². The number of rotatable bonds is 2. The summed E-state index contributed by atoms with van der Waals surface area (Å²) in [6.07, 6.45) is 0.155. The van der Waals surface area contributed by atoms with Crippen LogP contribution < -0.4 is 10.1 Å². The molecule has 1 aromatic rings. The van der Waals surface area contributed by atoms with Crippen LogP contribution in [0, 0.1) is 0 Å². The number of hydrogen-bond acceptors (Lipinski definition) is 3. The quantitative estimate of drug-likeness (QED) is 0.720. The second-order valence-electron chi connectivity index (χ2n) is 2.88. The molecule has 1 unspecified atom stereocenters. The summed E-state index contributed by atoms with van der Waals surface area (Å²) in [7, 11) is 1.68. The first-order chi connectivity index (χ1) is 6.40. The Balaban J connectivity index is 2.05. The first-order valence-corrected chi connectivity index (χ1v) is 5.15. The van der Waals surface area contributed by atoms with Gasteiger partial charge >= 0.3 is 0 Å². The van der Waals surface area contributed by atoms with Gasteiger partial charge in [0, 0.05) is 23.3 Å². The minimum absolute atomic E-state index is 0.155. The highest BCUT2D eigenvalue weighted by Gasteiger charge is 2.18. The fraction of sp³-hybridized carbons (Fsp3) is 0.556. The Hall–Kier alpha value is -0.580. The second kappa shape index (κ2) is 4.09. The van der Waals surface area contributed by atoms with Gasteiger partial charge in [0.25, 0.3) is 0 Å². The molecule has 0 aliphatic carbocycles. The van der Waals surface area contributed by atoms with Gasteiger partial charge in [0.2, 0.25) is 0 Å². The minimum atomic E-state index is 0.155. The average Bonchev–Trinajstić information content (AvgIpc) is 2.67. The van der Waals surface area contributed by atoms with Gasteiger partial charge in [-0.1, -0.05) is 0 Å². The molecule has 0 N–H and O–H groups in total. The Morgan fingerprint density at radius 3 is 3.23 bits per heavy atom. The van der Waals surface area contributed by atoms with Crippen molar-refractivity contribution in [1.29, 1.82) is 0 Å². The van der Waals surface area contributed by atoms with E-state index in [-0.39, 0.29) is 6.10 Å². The molecule has 0 amide bonds. The lowest BCUT2D eigenvalue weighted by Gasteiger charge is -2.20. The van der Waals surface area contributed by atoms with Gasteiger partial charge in [-0.15, -0.1) is 11.3 Å². The fourth-order valence-electron chi connectivity index (χ4n) is 1.30. The zero-order valence-electron chi connectivity index (χ0n) is 7.53. The van der Waals surface area contributed by atoms with E-state index in [9.17, 15) is 0 Å². The van der Waals surface area contributed by atoms with Crippen molar-refractivity contribution in [2.24, 2.45) is 0 Å². The van der Waals surface area contributed by atoms with E-state index >= 15 is 0 Å². The van der Waals surface area contributed by atoms with Crippen LogP contribution in [0.15, 0.2) is 11.4 Å². The molecular formula is C9H12NO2S. The molecule has 1 atom stereocenters. The van der Waals surface area contributed by atoms with Crippen molar-refractivity contribution < 1.29 is 9.47 Å². The number of ether oxygens (including phenoxy) is 2. The lowest BCUT2D eigenvalue weighted by atomic mass is 10.2. The smallest absolute Gasteiger partial charge is 0.129 e. The van der Waals surface area contributed by atoms with Gasteiger partial charge < -0.3 is 9.47 Å². The summed E-state index contributed by atoms with van der Waals surface area (Å²) in [6, 6.07) is 2.02. The topological polar surface area (TPSA) is 32.6 Å². The molecule has 3 nitrogen and oxygen atoms in total. The molecular weight excluding hydrogens is 186 g/mol. The van der Waals surface area contributed by atoms with E-state index in [4.69, 9.17) is 9.47 Å². The van der Waals surface area contributed by atoms with Gasteiger partial charge in [0.05, 0.1) is 13.7 Å². The number of nitrogens with zero attached hydrogens (tertiary/aromatic N) is 1. The highest BCUT2D eigenvalue weighted by Crippen LogP contribution is 2.29. The van der Waals surface area contributed by atoms with Crippen LogP contribution in [-0.2, 0) is 4.74 Å². The number of morpholine rings is 1. The number of thiophene rings is 1. The van der Waals surface area contributed by atoms with Crippen LogP contribution in [0.25, 0.3) is 0 Å². The van der Waals surface area contributed by atoms with Crippen molar-refractivity contribution in [3.05, 3.63) is 16.3 Å². The van der Waals surface area contributed by atoms with E-state index in [0.29, 0.717) is 0 Å². The third-order valence-electron chi connectivity index (χ3n) is 2.01. The van der Waals surface area contributed by atoms with E-state index in [0.717, 1.165) is 25.4 Å². The Morgan fingerprint density at radius 2 is 2.62 bits per heavy atom. The Morgan fingerprint density at radius 1 is 1.69 bits per heavy atom. The molecule has 1 saturated heterocycles. The zero-order valence-corrected chi connectivity index (χ0v) is 8.34. The average molecular weight is 198 g/mol. The van der Waals surface area contributed by atoms with Crippen LogP contribution in [0.5, 0.6) is 5.75 Å². The molecule has 2 heterocycles. The lowest BCUT2D eigenvalue weighted by molar-refractivity contribution is 0.0282. The first-order valence-electron chi connectivity index (χ1n) is 4.27. The Bertz CT molecular complexity index is 268. The Kier molecular flexibility index (Phi) is 2.83. The van der Waals surface area contributed by atoms with Crippen LogP contribution in [0.1, 0.15) is 11.0 Å². The normalized spacial score (nSPS) is 23.0. The molecule has 1 aromatic heterocycles. The van der Waals surface area contributed by atoms with Crippen molar-refractivity contribution in [2.75, 3.05) is 26.8 Å². The summed E-state index contributed by atoms with van der Waals surface area (Å²) < 4.78 is 10.7. The van der Waals surface area contributed by atoms with Crippen molar-refractivity contribution in [1.82, 2.24) is 5.32 Å². The van der Waals surface area contributed by atoms with E-state index in [1.54, 1.807) is 18.4 Å². The van der Waals surface area contributed by atoms with Crippen molar-refractivity contribution in [3.63, 3.8) is 0 Å². The van der Waals surface area contributed by atoms with Crippen molar-refractivity contribution >= 4 is 11.3 Å². The molecule has 71 valence electrons. The zero-order chi connectivity index (χ0) is 9.10. The van der Waals surface area contributed by atoms with E-state index in [1.165, 1.54) is 4.88 Å². The van der Waals surface area contributed by atoms with Crippen LogP contribution in [-0.4, -0.2) is 26.8 Å². The summed E-state index contributed by atoms with van der Waals surface area (Å²) >= 11 is 1.67. The molecule has 2 rings (SSSR count). The molecule has 0 saturated carbocycles.